The maximum absolute atomic E-state index is 15.9. The number of alkyl halides is 7. The van der Waals surface area contributed by atoms with E-state index >= 15 is 24.0 Å². The molecule has 2 saturated carbocycles. The minimum atomic E-state index is -4.63. The number of rotatable bonds is 13. The molecule has 6 fully saturated rings. The molecule has 0 bridgehead atoms. The van der Waals surface area contributed by atoms with E-state index in [0.717, 1.165) is 55.8 Å². The van der Waals surface area contributed by atoms with Gasteiger partial charge >= 0.3 is 207 Å². The number of piperidine rings is 1. The average molecular weight is 1560 g/mol. The molecule has 6 aliphatic rings. The molecule has 102 heavy (non-hydrogen) atoms. The van der Waals surface area contributed by atoms with Crippen molar-refractivity contribution in [2.75, 3.05) is 93.0 Å². The molecule has 4 saturated heterocycles. The Hall–Kier alpha value is -6.31. The van der Waals surface area contributed by atoms with E-state index in [9.17, 15) is 55.8 Å². The van der Waals surface area contributed by atoms with Gasteiger partial charge in [-0.05, 0) is 82.6 Å². The number of fused-ring (bicyclic) bond motifs is 1. The number of hydrogen-bond donors (Lipinski definition) is 4. The summed E-state index contributed by atoms with van der Waals surface area (Å²) in [5.74, 6) is -8.92. The number of nitrogens with one attached hydrogen (secondary N) is 3. The molecule has 4 heterocycles. The molecule has 0 aromatic heterocycles. The van der Waals surface area contributed by atoms with Crippen LogP contribution < -0.4 is 37.2 Å². The van der Waals surface area contributed by atoms with Crippen molar-refractivity contribution in [1.29, 1.82) is 0 Å². The maximum atomic E-state index is 15.9. The van der Waals surface area contributed by atoms with Gasteiger partial charge in [0.1, 0.15) is 35.9 Å². The van der Waals surface area contributed by atoms with Crippen molar-refractivity contribution < 1.29 is 101 Å². The van der Waals surface area contributed by atoms with Crippen LogP contribution in [0.1, 0.15) is 183 Å². The van der Waals surface area contributed by atoms with Crippen LogP contribution in [0.15, 0.2) is 18.2 Å². The summed E-state index contributed by atoms with van der Waals surface area (Å²) < 4.78 is 72.0. The van der Waals surface area contributed by atoms with E-state index in [1.807, 2.05) is 20.8 Å². The Balaban J connectivity index is 1.29. The standard InChI is InChI=1S/C72H111F5IN12O12/c1-12-45(4)61-68(100)84(7)42-59(93)82(5)43-60(94)85(8)53(29-30-56(73)74)66(98)83(6)41-57(91)79-51(28-26-46-25-27-49(72(75,76)77)48(39-46)50-31-34-78-50)65(97)90-37-21-24-52(90)64(96)81-71(32-17-18-33-71)70(102)88(11)62(47-22-15-13-16-23-47)69(101)87(10)55(67(99)89-35-19-14-20-36-89)40-58(92)86(9)54(38-44(2)3)63(95)80-61/h25,27,39,44-45,47,50-56,58,61-62,92H,12-24,26,28-38,40-43H2,1-11H3,(H,79,91)(H,80,95)(H,81,96)/q-1/t45-,50?,51-,52-,53-,54-,55-,58?,61-,62-/m0/s1. The van der Waals surface area contributed by atoms with Crippen LogP contribution in [0, 0.1) is 17.8 Å². The number of nitrogens with zero attached hydrogens (tertiary/aromatic N) is 9. The second kappa shape index (κ2) is 37.1. The summed E-state index contributed by atoms with van der Waals surface area (Å²) in [6.07, 6.45) is -2.53. The zero-order valence-corrected chi connectivity index (χ0v) is 63.6. The fourth-order valence-electron chi connectivity index (χ4n) is 15.4. The number of carbonyl (C=O) groups excluding carboxylic acids is 11. The monoisotopic (exact) mass is 1560 g/mol. The van der Waals surface area contributed by atoms with Gasteiger partial charge in [0.05, 0.1) is 19.1 Å². The van der Waals surface area contributed by atoms with E-state index < -0.39 is 203 Å². The van der Waals surface area contributed by atoms with Gasteiger partial charge in [-0.3, -0.25) is 43.3 Å². The fraction of sp³-hybridized carbons (Fsp3) is 0.764. The summed E-state index contributed by atoms with van der Waals surface area (Å²) in [6.45, 7) is 5.98. The molecule has 2 unspecified atom stereocenters. The second-order valence-electron chi connectivity index (χ2n) is 29.8. The van der Waals surface area contributed by atoms with E-state index in [1.165, 1.54) is 81.1 Å². The third kappa shape index (κ3) is 20.8. The minimum absolute atomic E-state index is 0.0107. The van der Waals surface area contributed by atoms with Crippen LogP contribution >= 0.6 is 0 Å². The zero-order chi connectivity index (χ0) is 75.2. The normalized spacial score (nSPS) is 28.0. The van der Waals surface area contributed by atoms with Gasteiger partial charge in [0.2, 0.25) is 47.8 Å². The molecule has 11 amide bonds. The second-order valence-corrected chi connectivity index (χ2v) is 33.2. The molecule has 1 spiro atoms. The van der Waals surface area contributed by atoms with Gasteiger partial charge in [-0.25, -0.2) is 8.78 Å². The number of aryl methyl sites for hydroxylation is 1. The first-order chi connectivity index (χ1) is 48.1. The van der Waals surface area contributed by atoms with Gasteiger partial charge < -0.3 is 39.8 Å². The number of benzene rings is 1. The molecule has 4 aliphatic heterocycles. The SMILES string of the molecule is CC[C@H](C)[C@@H]1NC(=O)[C@H](CC(C)C)N(C)C(O)C[C@@H](C(=O)N2CCCCC2)N(C)C(=O)[C@H](C2CCCCC2)N(C)C(=O)C2(CCCC2)NC(=O)[C@@H]2CCCN2C(=O)[C@H](CCc2ccc(C(F)(F)F)c(C3CC[I-]3)c2)NC(=O)CN(C)C(=O)[C@H](CCC(F)F)N(C)C(=O)CN(C)C(=O)CN(C)C1=O. The van der Waals surface area contributed by atoms with E-state index in [2.05, 4.69) is 16.0 Å². The summed E-state index contributed by atoms with van der Waals surface area (Å²) in [5, 5.41) is 21.2. The minimum Gasteiger partial charge on any atom is -0.335 e. The summed E-state index contributed by atoms with van der Waals surface area (Å²) in [4.78, 5) is 175. The molecule has 30 heteroatoms. The Bertz CT molecular complexity index is 3130. The van der Waals surface area contributed by atoms with E-state index in [4.69, 9.17) is 0 Å². The van der Waals surface area contributed by atoms with Crippen LogP contribution in [0.5, 0.6) is 0 Å². The molecular formula is C72H111F5IN12O12-. The topological polar surface area (TPSA) is 273 Å². The first-order valence-electron chi connectivity index (χ1n) is 36.6. The van der Waals surface area contributed by atoms with Crippen molar-refractivity contribution in [3.05, 3.63) is 34.9 Å². The van der Waals surface area contributed by atoms with Crippen molar-refractivity contribution in [1.82, 2.24) is 60.0 Å². The Morgan fingerprint density at radius 2 is 1.30 bits per heavy atom. The van der Waals surface area contributed by atoms with Crippen LogP contribution in [0.3, 0.4) is 0 Å². The summed E-state index contributed by atoms with van der Waals surface area (Å²) in [7, 11) is 9.50. The predicted molar refractivity (Wildman–Crippen MR) is 366 cm³/mol. The molecule has 0 radical (unpaired) electrons. The Kier molecular flexibility index (Phi) is 30.2. The Morgan fingerprint density at radius 3 is 1.90 bits per heavy atom. The number of hydrogen-bond acceptors (Lipinski definition) is 13. The van der Waals surface area contributed by atoms with Gasteiger partial charge in [0.15, 0.2) is 0 Å². The molecule has 10 atom stereocenters. The first-order valence-corrected chi connectivity index (χ1v) is 39.4. The first kappa shape index (κ1) is 83.0. The Labute approximate surface area is 608 Å². The number of aliphatic hydroxyl groups is 1. The van der Waals surface area contributed by atoms with Crippen LogP contribution in [0.25, 0.3) is 0 Å². The van der Waals surface area contributed by atoms with E-state index in [1.54, 1.807) is 11.8 Å². The third-order valence-corrected chi connectivity index (χ3v) is 25.6. The smallest absolute Gasteiger partial charge is 0.335 e. The predicted octanol–water partition coefficient (Wildman–Crippen LogP) is 2.17. The number of amides is 11. The van der Waals surface area contributed by atoms with Crippen molar-refractivity contribution in [3.8, 4) is 0 Å². The van der Waals surface area contributed by atoms with Gasteiger partial charge in [-0.2, -0.15) is 0 Å². The van der Waals surface area contributed by atoms with E-state index in [-0.39, 0.29) is 66.9 Å². The van der Waals surface area contributed by atoms with Crippen molar-refractivity contribution in [3.63, 3.8) is 0 Å². The van der Waals surface area contributed by atoms with Crippen molar-refractivity contribution in [2.45, 2.75) is 240 Å². The summed E-state index contributed by atoms with van der Waals surface area (Å²) >= 11 is -0.538. The molecule has 1 aromatic rings. The van der Waals surface area contributed by atoms with E-state index in [0.29, 0.717) is 76.4 Å². The Morgan fingerprint density at radius 1 is 0.676 bits per heavy atom. The van der Waals surface area contributed by atoms with Gasteiger partial charge in [-0.15, -0.1) is 0 Å². The van der Waals surface area contributed by atoms with Crippen LogP contribution in [0.2, 0.25) is 0 Å². The quantitative estimate of drug-likeness (QED) is 0.125. The van der Waals surface area contributed by atoms with Crippen LogP contribution in [-0.4, -0.2) is 268 Å². The number of likely N-dealkylation sites (tertiary alicyclic amines) is 1. The van der Waals surface area contributed by atoms with Gasteiger partial charge in [0, 0.05) is 61.2 Å². The molecule has 1 aromatic carbocycles. The van der Waals surface area contributed by atoms with Crippen molar-refractivity contribution >= 4 is 65.0 Å². The molecule has 2 aliphatic carbocycles. The fourth-order valence-corrected chi connectivity index (χ4v) is 17.6. The number of carbonyl (C=O) groups is 11. The van der Waals surface area contributed by atoms with Crippen LogP contribution in [-0.2, 0) is 65.3 Å². The zero-order valence-electron chi connectivity index (χ0n) is 61.5. The molecule has 24 nitrogen and oxygen atoms in total. The number of halogens is 6. The summed E-state index contributed by atoms with van der Waals surface area (Å²) in [6, 6.07) is -5.30. The third-order valence-electron chi connectivity index (χ3n) is 22.0. The van der Waals surface area contributed by atoms with Crippen molar-refractivity contribution in [2.24, 2.45) is 17.8 Å². The average Bonchev–Trinajstić information content (AvgIpc) is 1.39. The van der Waals surface area contributed by atoms with Crippen LogP contribution in [0.4, 0.5) is 22.0 Å². The molecule has 4 N–H and O–H groups in total. The number of aliphatic hydroxyl groups excluding tert-OH is 1. The molecule has 574 valence electrons. The van der Waals surface area contributed by atoms with Gasteiger partial charge in [0.25, 0.3) is 0 Å². The molecular weight excluding hydrogens is 1450 g/mol. The molecule has 7 rings (SSSR count). The van der Waals surface area contributed by atoms with Gasteiger partial charge in [-0.1, -0.05) is 66.2 Å². The number of likely N-dealkylation sites (N-methyl/N-ethyl adjacent to an activating group) is 7. The summed E-state index contributed by atoms with van der Waals surface area (Å²) in [5.41, 5.74) is -1.72.